The van der Waals surface area contributed by atoms with Crippen molar-refractivity contribution < 1.29 is 13.9 Å². The number of aldehydes is 1. The fourth-order valence-corrected chi connectivity index (χ4v) is 1.23. The summed E-state index contributed by atoms with van der Waals surface area (Å²) in [5, 5.41) is 8.76. The molecule has 0 aliphatic rings. The monoisotopic (exact) mass is 207 g/mol. The molecule has 0 aliphatic carbocycles. The molecule has 4 heteroatoms. The number of benzene rings is 1. The minimum Gasteiger partial charge on any atom is -0.374 e. The molecule has 0 heterocycles. The van der Waals surface area contributed by atoms with Gasteiger partial charge in [-0.25, -0.2) is 4.39 Å². The van der Waals surface area contributed by atoms with Gasteiger partial charge in [-0.2, -0.15) is 5.26 Å². The van der Waals surface area contributed by atoms with Gasteiger partial charge in [0, 0.05) is 13.5 Å². The highest BCUT2D eigenvalue weighted by Crippen LogP contribution is 2.12. The largest absolute Gasteiger partial charge is 0.374 e. The molecule has 0 aromatic heterocycles. The number of carbonyl (C=O) groups excluding carboxylic acids is 1. The zero-order valence-corrected chi connectivity index (χ0v) is 8.24. The standard InChI is InChI=1S/C11H10FNO2/c1-15-11(7-14)5-8-2-3-10(12)4-9(8)6-13/h2-4,7,11H,5H2,1H3. The first kappa shape index (κ1) is 11.3. The Labute approximate surface area is 87.1 Å². The average molecular weight is 207 g/mol. The van der Waals surface area contributed by atoms with Crippen molar-refractivity contribution in [3.8, 4) is 6.07 Å². The van der Waals surface area contributed by atoms with E-state index >= 15 is 0 Å². The lowest BCUT2D eigenvalue weighted by Gasteiger charge is -2.09. The van der Waals surface area contributed by atoms with Crippen LogP contribution in [-0.2, 0) is 16.0 Å². The average Bonchev–Trinajstić information content (AvgIpc) is 2.27. The van der Waals surface area contributed by atoms with Crippen LogP contribution in [0.1, 0.15) is 11.1 Å². The van der Waals surface area contributed by atoms with Gasteiger partial charge in [-0.05, 0) is 17.7 Å². The van der Waals surface area contributed by atoms with Crippen molar-refractivity contribution >= 4 is 6.29 Å². The van der Waals surface area contributed by atoms with E-state index in [2.05, 4.69) is 0 Å². The molecule has 0 spiro atoms. The van der Waals surface area contributed by atoms with Gasteiger partial charge in [0.05, 0.1) is 11.6 Å². The second kappa shape index (κ2) is 5.23. The first-order chi connectivity index (χ1) is 7.21. The molecule has 1 unspecified atom stereocenters. The Hall–Kier alpha value is -1.73. The lowest BCUT2D eigenvalue weighted by atomic mass is 10.0. The van der Waals surface area contributed by atoms with E-state index in [4.69, 9.17) is 10.00 Å². The molecule has 0 saturated carbocycles. The molecule has 1 aromatic rings. The summed E-state index contributed by atoms with van der Waals surface area (Å²) in [5.41, 5.74) is 0.844. The Kier molecular flexibility index (Phi) is 3.95. The van der Waals surface area contributed by atoms with Crippen LogP contribution in [0.5, 0.6) is 0 Å². The van der Waals surface area contributed by atoms with Crippen molar-refractivity contribution in [1.29, 1.82) is 5.26 Å². The Morgan fingerprint density at radius 3 is 2.93 bits per heavy atom. The third-order valence-corrected chi connectivity index (χ3v) is 2.07. The summed E-state index contributed by atoms with van der Waals surface area (Å²) in [6.07, 6.45) is 0.343. The van der Waals surface area contributed by atoms with Gasteiger partial charge in [0.1, 0.15) is 18.2 Å². The highest BCUT2D eigenvalue weighted by molar-refractivity contribution is 5.57. The van der Waals surface area contributed by atoms with Crippen LogP contribution < -0.4 is 0 Å². The van der Waals surface area contributed by atoms with Gasteiger partial charge < -0.3 is 9.53 Å². The smallest absolute Gasteiger partial charge is 0.149 e. The zero-order chi connectivity index (χ0) is 11.3. The normalized spacial score (nSPS) is 11.8. The number of nitriles is 1. The molecule has 0 bridgehead atoms. The predicted octanol–water partition coefficient (Wildman–Crippen LogP) is 1.45. The topological polar surface area (TPSA) is 50.1 Å². The first-order valence-electron chi connectivity index (χ1n) is 4.38. The molecule has 1 atom stereocenters. The summed E-state index contributed by atoms with van der Waals surface area (Å²) >= 11 is 0. The van der Waals surface area contributed by atoms with E-state index in [0.717, 1.165) is 6.07 Å². The third-order valence-electron chi connectivity index (χ3n) is 2.07. The zero-order valence-electron chi connectivity index (χ0n) is 8.24. The van der Waals surface area contributed by atoms with Crippen molar-refractivity contribution in [1.82, 2.24) is 0 Å². The van der Waals surface area contributed by atoms with Crippen molar-refractivity contribution in [2.75, 3.05) is 7.11 Å². The van der Waals surface area contributed by atoms with E-state index in [-0.39, 0.29) is 12.0 Å². The number of hydrogen-bond donors (Lipinski definition) is 0. The SMILES string of the molecule is COC(C=O)Cc1ccc(F)cc1C#N. The molecule has 0 radical (unpaired) electrons. The lowest BCUT2D eigenvalue weighted by Crippen LogP contribution is -2.16. The highest BCUT2D eigenvalue weighted by Gasteiger charge is 2.10. The molecule has 15 heavy (non-hydrogen) atoms. The fourth-order valence-electron chi connectivity index (χ4n) is 1.23. The van der Waals surface area contributed by atoms with E-state index < -0.39 is 11.9 Å². The van der Waals surface area contributed by atoms with Crippen molar-refractivity contribution in [2.24, 2.45) is 0 Å². The van der Waals surface area contributed by atoms with E-state index in [1.54, 1.807) is 0 Å². The van der Waals surface area contributed by atoms with Gasteiger partial charge >= 0.3 is 0 Å². The summed E-state index contributed by atoms with van der Waals surface area (Å²) in [6.45, 7) is 0. The minimum atomic E-state index is -0.595. The van der Waals surface area contributed by atoms with E-state index in [9.17, 15) is 9.18 Å². The molecule has 0 aliphatic heterocycles. The summed E-state index contributed by atoms with van der Waals surface area (Å²) in [6, 6.07) is 5.77. The molecule has 78 valence electrons. The van der Waals surface area contributed by atoms with Crippen LogP contribution in [0.25, 0.3) is 0 Å². The molecule has 0 fully saturated rings. The molecule has 1 rings (SSSR count). The minimum absolute atomic E-state index is 0.235. The lowest BCUT2D eigenvalue weighted by molar-refractivity contribution is -0.116. The molecular formula is C11H10FNO2. The second-order valence-electron chi connectivity index (χ2n) is 3.03. The first-order valence-corrected chi connectivity index (χ1v) is 4.38. The quantitative estimate of drug-likeness (QED) is 0.702. The van der Waals surface area contributed by atoms with Gasteiger partial charge in [-0.1, -0.05) is 6.07 Å². The Morgan fingerprint density at radius 2 is 2.40 bits per heavy atom. The fraction of sp³-hybridized carbons (Fsp3) is 0.273. The Bertz CT molecular complexity index is 398. The number of nitrogens with zero attached hydrogens (tertiary/aromatic N) is 1. The summed E-state index contributed by atoms with van der Waals surface area (Å²) in [5.74, 6) is -0.463. The molecule has 3 nitrogen and oxygen atoms in total. The maximum Gasteiger partial charge on any atom is 0.149 e. The number of ether oxygens (including phenoxy) is 1. The highest BCUT2D eigenvalue weighted by atomic mass is 19.1. The number of rotatable bonds is 4. The van der Waals surface area contributed by atoms with Gasteiger partial charge in [-0.15, -0.1) is 0 Å². The van der Waals surface area contributed by atoms with Crippen LogP contribution in [-0.4, -0.2) is 19.5 Å². The number of halogens is 1. The van der Waals surface area contributed by atoms with Crippen LogP contribution in [0.2, 0.25) is 0 Å². The van der Waals surface area contributed by atoms with Crippen molar-refractivity contribution in [2.45, 2.75) is 12.5 Å². The Morgan fingerprint density at radius 1 is 1.67 bits per heavy atom. The number of hydrogen-bond acceptors (Lipinski definition) is 3. The number of carbonyl (C=O) groups is 1. The third kappa shape index (κ3) is 2.86. The predicted molar refractivity (Wildman–Crippen MR) is 51.7 cm³/mol. The van der Waals surface area contributed by atoms with Crippen molar-refractivity contribution in [3.63, 3.8) is 0 Å². The van der Waals surface area contributed by atoms with Crippen LogP contribution in [0.4, 0.5) is 4.39 Å². The molecule has 0 amide bonds. The summed E-state index contributed by atoms with van der Waals surface area (Å²) in [7, 11) is 1.41. The molecule has 0 saturated heterocycles. The maximum atomic E-state index is 12.8. The van der Waals surface area contributed by atoms with Gasteiger partial charge in [0.15, 0.2) is 0 Å². The molecule has 1 aromatic carbocycles. The second-order valence-corrected chi connectivity index (χ2v) is 3.03. The summed E-state index contributed by atoms with van der Waals surface area (Å²) < 4.78 is 17.6. The van der Waals surface area contributed by atoms with E-state index in [1.807, 2.05) is 6.07 Å². The van der Waals surface area contributed by atoms with Gasteiger partial charge in [0.2, 0.25) is 0 Å². The number of methoxy groups -OCH3 is 1. The van der Waals surface area contributed by atoms with Crippen LogP contribution in [0, 0.1) is 17.1 Å². The van der Waals surface area contributed by atoms with Crippen LogP contribution in [0.3, 0.4) is 0 Å². The molecular weight excluding hydrogens is 197 g/mol. The maximum absolute atomic E-state index is 12.8. The van der Waals surface area contributed by atoms with Crippen LogP contribution >= 0.6 is 0 Å². The van der Waals surface area contributed by atoms with Crippen molar-refractivity contribution in [3.05, 3.63) is 35.1 Å². The van der Waals surface area contributed by atoms with E-state index in [0.29, 0.717) is 11.8 Å². The van der Waals surface area contributed by atoms with Gasteiger partial charge in [-0.3, -0.25) is 0 Å². The summed E-state index contributed by atoms with van der Waals surface area (Å²) in [4.78, 5) is 10.5. The van der Waals surface area contributed by atoms with Crippen LogP contribution in [0.15, 0.2) is 18.2 Å². The Balaban J connectivity index is 2.94. The molecule has 0 N–H and O–H groups in total. The van der Waals surface area contributed by atoms with Gasteiger partial charge in [0.25, 0.3) is 0 Å². The van der Waals surface area contributed by atoms with E-state index in [1.165, 1.54) is 19.2 Å².